The van der Waals surface area contributed by atoms with Gasteiger partial charge in [-0.15, -0.1) is 0 Å². The molecule has 0 spiro atoms. The number of carbonyl (C=O) groups is 4. The number of aromatic nitrogens is 10. The monoisotopic (exact) mass is 1960 g/mol. The number of imidazole rings is 1. The van der Waals surface area contributed by atoms with Crippen LogP contribution in [-0.4, -0.2) is 118 Å². The minimum atomic E-state index is -4.41. The molecule has 0 atom stereocenters. The molecule has 4 aliphatic rings. The Morgan fingerprint density at radius 2 is 0.710 bits per heavy atom. The zero-order chi connectivity index (χ0) is 94.0. The highest BCUT2D eigenvalue weighted by atomic mass is 35.5. The van der Waals surface area contributed by atoms with Gasteiger partial charge in [0.25, 0.3) is 23.6 Å². The summed E-state index contributed by atoms with van der Waals surface area (Å²) < 4.78 is 167. The molecular formula is C91H73Cl8F11N16O5. The van der Waals surface area contributed by atoms with E-state index in [-0.39, 0.29) is 188 Å². The largest absolute Gasteiger partial charge is 0.401 e. The van der Waals surface area contributed by atoms with Crippen LogP contribution in [0.5, 0.6) is 0 Å². The van der Waals surface area contributed by atoms with Crippen LogP contribution in [-0.2, 0) is 82.7 Å². The second-order valence-electron chi connectivity index (χ2n) is 31.0. The third-order valence-electron chi connectivity index (χ3n) is 22.0. The summed E-state index contributed by atoms with van der Waals surface area (Å²) >= 11 is 50.0. The number of ether oxygens (including phenoxy) is 1. The standard InChI is InChI=1S/C24H19Cl2F2N5O.C23H19Cl2F5N4O.C22H16Cl2F2N4O.C22H19Cl2F2N3O2/c1-14-3-2-4-16(20(14)27)12-33-23(26)17-5-7-32(24(34)22(17)30-33)19-10-15(9-18(25)21(19)28)11-31-8-6-29-13-31;1-12-3-2-4-14(18(12)26)10-34-21(25)15-5-6-33(22(35)20(15)32-34)17-8-13(7-16(24)19(17)27)9-31-11-23(28,29)30;1-12-3-2-4-14(18(12)25)11-30-21(24)15-6-8-29(22(31)20(15)28-30)17-10-13(5-7-27)9-16(23)19(17)26;1-12-4-3-5-14(18(12)25)10-29-21(24)15-6-7-28(22(30)20(15)27-29)17-9-13(11-31-2)8-16(23)19(17)26/h2-4,6,8-10,13H,5,7,11-12H2,1H3;2-4,7-8,31H,5-6,9-11H2,1H3;2-4,9-10H,5-6,8,11H2,1H3;3-5,8-9H,6-7,10-11H2,1-2H3. The Kier molecular flexibility index (Phi) is 29.5. The van der Waals surface area contributed by atoms with Gasteiger partial charge in [0.05, 0.1) is 101 Å². The Hall–Kier alpha value is -11.4. The number of halogens is 19. The molecule has 0 aliphatic carbocycles. The van der Waals surface area contributed by atoms with Crippen LogP contribution in [0, 0.1) is 85.6 Å². The number of aryl methyl sites for hydroxylation is 4. The average molecular weight is 1960 g/mol. The molecule has 21 nitrogen and oxygen atoms in total. The number of rotatable bonds is 20. The van der Waals surface area contributed by atoms with E-state index in [4.69, 9.17) is 103 Å². The number of hydrogen-bond donors (Lipinski definition) is 1. The molecule has 0 saturated carbocycles. The molecule has 0 fully saturated rings. The summed E-state index contributed by atoms with van der Waals surface area (Å²) in [6.45, 7) is 6.65. The summed E-state index contributed by atoms with van der Waals surface area (Å²) in [6.07, 6.45) is 2.01. The Bertz CT molecular complexity index is 6700. The van der Waals surface area contributed by atoms with Gasteiger partial charge in [-0.3, -0.25) is 19.2 Å². The average Bonchev–Trinajstić information content (AvgIpc) is 1.66. The van der Waals surface area contributed by atoms with Crippen molar-refractivity contribution < 1.29 is 72.2 Å². The van der Waals surface area contributed by atoms with Crippen molar-refractivity contribution in [3.63, 3.8) is 0 Å². The highest BCUT2D eigenvalue weighted by Gasteiger charge is 2.40. The fourth-order valence-corrected chi connectivity index (χ4v) is 17.6. The first kappa shape index (κ1) is 95.7. The number of alkyl halides is 3. The van der Waals surface area contributed by atoms with Crippen molar-refractivity contribution in [3.8, 4) is 6.07 Å². The predicted octanol–water partition coefficient (Wildman–Crippen LogP) is 21.2. The lowest BCUT2D eigenvalue weighted by Crippen LogP contribution is -2.38. The molecule has 0 bridgehead atoms. The van der Waals surface area contributed by atoms with Gasteiger partial charge in [-0.05, 0) is 146 Å². The molecule has 5 aromatic heterocycles. The highest BCUT2D eigenvalue weighted by Crippen LogP contribution is 2.41. The first-order valence-electron chi connectivity index (χ1n) is 40.2. The highest BCUT2D eigenvalue weighted by molar-refractivity contribution is 6.34. The lowest BCUT2D eigenvalue weighted by molar-refractivity contribution is -0.125. The summed E-state index contributed by atoms with van der Waals surface area (Å²) in [7, 11) is 1.51. The van der Waals surface area contributed by atoms with Crippen LogP contribution in [0.4, 0.5) is 71.0 Å². The van der Waals surface area contributed by atoms with Gasteiger partial charge in [0.2, 0.25) is 0 Å². The van der Waals surface area contributed by atoms with Crippen molar-refractivity contribution in [1.82, 2.24) is 54.0 Å². The molecule has 17 rings (SSSR count). The number of nitrogens with one attached hydrogen (secondary N) is 1. The molecule has 9 heterocycles. The van der Waals surface area contributed by atoms with Crippen LogP contribution >= 0.6 is 92.8 Å². The number of anilines is 4. The summed E-state index contributed by atoms with van der Waals surface area (Å²) in [5.41, 5.74) is 8.07. The van der Waals surface area contributed by atoms with E-state index in [9.17, 15) is 63.1 Å². The quantitative estimate of drug-likeness (QED) is 0.0705. The molecule has 0 radical (unpaired) electrons. The maximum atomic E-state index is 15.0. The number of nitriles is 1. The number of benzene rings is 8. The van der Waals surface area contributed by atoms with E-state index < -0.39 is 65.4 Å². The van der Waals surface area contributed by atoms with Gasteiger partial charge in [0.1, 0.15) is 43.9 Å². The molecule has 0 unspecified atom stereocenters. The minimum absolute atomic E-state index is 0.00677. The van der Waals surface area contributed by atoms with Gasteiger partial charge in [0.15, 0.2) is 46.0 Å². The van der Waals surface area contributed by atoms with Gasteiger partial charge >= 0.3 is 6.18 Å². The summed E-state index contributed by atoms with van der Waals surface area (Å²) in [6, 6.07) is 33.5. The summed E-state index contributed by atoms with van der Waals surface area (Å²) in [4.78, 5) is 61.8. The van der Waals surface area contributed by atoms with Crippen molar-refractivity contribution in [3.05, 3.63) is 339 Å². The van der Waals surface area contributed by atoms with Gasteiger partial charge in [-0.2, -0.15) is 38.8 Å². The number of fused-ring (bicyclic) bond motifs is 4. The number of amides is 4. The maximum Gasteiger partial charge on any atom is 0.401 e. The zero-order valence-electron chi connectivity index (χ0n) is 69.7. The van der Waals surface area contributed by atoms with Gasteiger partial charge in [-0.25, -0.2) is 58.8 Å². The van der Waals surface area contributed by atoms with E-state index in [1.54, 1.807) is 125 Å². The first-order chi connectivity index (χ1) is 62.4. The van der Waals surface area contributed by atoms with Crippen molar-refractivity contribution >= 4 is 139 Å². The predicted molar refractivity (Wildman–Crippen MR) is 476 cm³/mol. The van der Waals surface area contributed by atoms with E-state index in [1.807, 2.05) is 10.6 Å². The molecule has 4 aliphatic heterocycles. The topological polar surface area (TPSA) is 215 Å². The van der Waals surface area contributed by atoms with E-state index in [2.05, 4.69) is 30.7 Å². The molecule has 13 aromatic rings. The van der Waals surface area contributed by atoms with Crippen LogP contribution in [0.25, 0.3) is 0 Å². The SMILES string of the molecule is COCc1cc(Cl)c(F)c(N2CCc3c(nn(Cc4cccc(C)c4F)c3Cl)C2=O)c1.Cc1cccc(Cn2nc3c(c2Cl)CCN(c2cc(CC#N)cc(Cl)c2F)C3=O)c1F.Cc1cccc(Cn2nc3c(c2Cl)CCN(c2cc(CNCC(F)(F)F)cc(Cl)c2F)C3=O)c1F.Cc1cccc(Cn2nc3c(c2Cl)CCN(c2cc(Cn4ccnc4)cc(Cl)c2F)C3=O)c1F. The molecule has 40 heteroatoms. The number of carbonyl (C=O) groups excluding carboxylic acids is 4. The van der Waals surface area contributed by atoms with Gasteiger partial charge < -0.3 is 34.2 Å². The Morgan fingerprint density at radius 3 is 1.02 bits per heavy atom. The Morgan fingerprint density at radius 1 is 0.412 bits per heavy atom. The molecular weight excluding hydrogens is 1890 g/mol. The van der Waals surface area contributed by atoms with Crippen molar-refractivity contribution in [2.45, 2.75) is 112 Å². The Labute approximate surface area is 781 Å². The van der Waals surface area contributed by atoms with E-state index >= 15 is 4.39 Å². The van der Waals surface area contributed by atoms with Crippen molar-refractivity contribution in [1.29, 1.82) is 5.26 Å². The van der Waals surface area contributed by atoms with Gasteiger partial charge in [-0.1, -0.05) is 166 Å². The van der Waals surface area contributed by atoms with E-state index in [0.29, 0.717) is 104 Å². The molecule has 131 heavy (non-hydrogen) atoms. The second kappa shape index (κ2) is 40.4. The van der Waals surface area contributed by atoms with Crippen LogP contribution in [0.1, 0.15) is 131 Å². The normalized spacial score (nSPS) is 13.6. The van der Waals surface area contributed by atoms with Crippen LogP contribution < -0.4 is 24.9 Å². The van der Waals surface area contributed by atoms with Gasteiger partial charge in [0, 0.05) is 103 Å². The molecule has 1 N–H and O–H groups in total. The lowest BCUT2D eigenvalue weighted by atomic mass is 10.0. The van der Waals surface area contributed by atoms with Crippen molar-refractivity contribution in [2.24, 2.45) is 0 Å². The molecule has 4 amide bonds. The van der Waals surface area contributed by atoms with E-state index in [1.165, 1.54) is 83.0 Å². The van der Waals surface area contributed by atoms with Crippen LogP contribution in [0.2, 0.25) is 40.7 Å². The fraction of sp³-hybridized carbons (Fsp3) is 0.253. The summed E-state index contributed by atoms with van der Waals surface area (Å²) in [5, 5.41) is 28.7. The third kappa shape index (κ3) is 20.5. The lowest BCUT2D eigenvalue weighted by Gasteiger charge is -2.27. The smallest absolute Gasteiger partial charge is 0.380 e. The number of methoxy groups -OCH3 is 1. The minimum Gasteiger partial charge on any atom is -0.380 e. The van der Waals surface area contributed by atoms with Crippen molar-refractivity contribution in [2.75, 3.05) is 59.4 Å². The van der Waals surface area contributed by atoms with E-state index in [0.717, 1.165) is 10.5 Å². The first-order valence-corrected chi connectivity index (χ1v) is 43.2. The Balaban J connectivity index is 0.000000141. The molecule has 680 valence electrons. The summed E-state index contributed by atoms with van der Waals surface area (Å²) in [5.74, 6) is -6.59. The number of nitrogens with zero attached hydrogens (tertiary/aromatic N) is 15. The van der Waals surface area contributed by atoms with Crippen LogP contribution in [0.15, 0.2) is 140 Å². The fourth-order valence-electron chi connectivity index (χ4n) is 15.5. The molecule has 8 aromatic carbocycles. The number of hydrogen-bond acceptors (Lipinski definition) is 12. The second-order valence-corrected chi connectivity index (χ2v) is 34.0. The molecule has 0 saturated heterocycles. The van der Waals surface area contributed by atoms with Crippen LogP contribution in [0.3, 0.4) is 0 Å². The zero-order valence-corrected chi connectivity index (χ0v) is 75.8. The maximum absolute atomic E-state index is 15.0. The third-order valence-corrected chi connectivity index (χ3v) is 24.8.